The van der Waals surface area contributed by atoms with Crippen LogP contribution >= 0.6 is 0 Å². The summed E-state index contributed by atoms with van der Waals surface area (Å²) in [7, 11) is 0. The van der Waals surface area contributed by atoms with Crippen molar-refractivity contribution >= 4 is 23.3 Å². The van der Waals surface area contributed by atoms with Gasteiger partial charge in [-0.25, -0.2) is 4.98 Å². The number of amides is 1. The average Bonchev–Trinajstić information content (AvgIpc) is 3.40. The summed E-state index contributed by atoms with van der Waals surface area (Å²) in [6.07, 6.45) is 9.19. The Hall–Kier alpha value is -4.84. The van der Waals surface area contributed by atoms with Crippen molar-refractivity contribution in [3.05, 3.63) is 71.9 Å². The lowest BCUT2D eigenvalue weighted by Gasteiger charge is -2.79. The number of carbonyl (C=O) groups excluding carboxylic acids is 1. The second-order valence-electron chi connectivity index (χ2n) is 13.7. The van der Waals surface area contributed by atoms with Gasteiger partial charge in [0.2, 0.25) is 11.8 Å². The summed E-state index contributed by atoms with van der Waals surface area (Å²) in [5.74, 6) is 2.02. The van der Waals surface area contributed by atoms with Crippen LogP contribution in [0.15, 0.2) is 54.9 Å². The molecule has 5 fully saturated rings. The predicted molar refractivity (Wildman–Crippen MR) is 170 cm³/mol. The van der Waals surface area contributed by atoms with Gasteiger partial charge in [0.1, 0.15) is 5.82 Å². The number of aliphatic hydroxyl groups excluding tert-OH is 1. The van der Waals surface area contributed by atoms with Crippen molar-refractivity contribution in [2.45, 2.75) is 68.5 Å². The molecule has 1 aromatic carbocycles. The van der Waals surface area contributed by atoms with E-state index in [-0.39, 0.29) is 41.3 Å². The highest BCUT2D eigenvalue weighted by molar-refractivity contribution is 5.93. The number of piperidine rings is 2. The van der Waals surface area contributed by atoms with Crippen LogP contribution in [0.3, 0.4) is 0 Å². The summed E-state index contributed by atoms with van der Waals surface area (Å²) < 4.78 is 1.81. The number of nitrogens with one attached hydrogen (secondary N) is 1. The highest BCUT2D eigenvalue weighted by atomic mass is 16.3. The summed E-state index contributed by atoms with van der Waals surface area (Å²) in [4.78, 5) is 32.3. The normalized spacial score (nSPS) is 27.9. The van der Waals surface area contributed by atoms with Crippen molar-refractivity contribution < 1.29 is 9.90 Å². The molecule has 3 saturated carbocycles. The zero-order valence-corrected chi connectivity index (χ0v) is 25.3. The molecule has 0 radical (unpaired) electrons. The van der Waals surface area contributed by atoms with E-state index in [2.05, 4.69) is 33.4 Å². The highest BCUT2D eigenvalue weighted by Crippen LogP contribution is 2.74. The van der Waals surface area contributed by atoms with Crippen LogP contribution in [-0.4, -0.2) is 82.0 Å². The summed E-state index contributed by atoms with van der Waals surface area (Å²) in [5, 5.41) is 21.8. The predicted octanol–water partition coefficient (Wildman–Crippen LogP) is 3.77. The van der Waals surface area contributed by atoms with Crippen LogP contribution in [0, 0.1) is 5.41 Å². The molecule has 4 unspecified atom stereocenters. The molecule has 0 bridgehead atoms. The summed E-state index contributed by atoms with van der Waals surface area (Å²) in [6, 6.07) is 14.6. The smallest absolute Gasteiger partial charge is 0.291 e. The molecule has 4 aromatic heterocycles. The maximum absolute atomic E-state index is 13.7. The second kappa shape index (κ2) is 9.35. The minimum absolute atomic E-state index is 0.0398. The third-order valence-corrected chi connectivity index (χ3v) is 11.4. The fourth-order valence-corrected chi connectivity index (χ4v) is 8.86. The molecule has 12 heteroatoms. The van der Waals surface area contributed by atoms with Gasteiger partial charge in [-0.1, -0.05) is 36.4 Å². The number of nitrogen functional groups attached to an aromatic ring is 1. The number of aliphatic hydroxyl groups is 1. The topological polar surface area (TPSA) is 154 Å². The Morgan fingerprint density at radius 2 is 1.87 bits per heavy atom. The first-order valence-corrected chi connectivity index (χ1v) is 16.4. The number of carbonyl (C=O) groups is 1. The number of aromatic amines is 1. The van der Waals surface area contributed by atoms with E-state index < -0.39 is 0 Å². The van der Waals surface area contributed by atoms with Crippen molar-refractivity contribution in [3.8, 4) is 22.4 Å². The van der Waals surface area contributed by atoms with E-state index in [0.717, 1.165) is 71.4 Å². The number of benzene rings is 1. The summed E-state index contributed by atoms with van der Waals surface area (Å²) in [6.45, 7) is 1.17. The largest absolute Gasteiger partial charge is 0.391 e. The molecule has 6 heterocycles. The third-order valence-electron chi connectivity index (χ3n) is 11.4. The number of hydrogen-bond acceptors (Lipinski definition) is 9. The van der Waals surface area contributed by atoms with Gasteiger partial charge in [0.25, 0.3) is 5.91 Å². The van der Waals surface area contributed by atoms with E-state index in [4.69, 9.17) is 20.8 Å². The van der Waals surface area contributed by atoms with Crippen molar-refractivity contribution in [1.82, 2.24) is 39.7 Å². The number of rotatable bonds is 6. The molecule has 46 heavy (non-hydrogen) atoms. The Labute approximate surface area is 264 Å². The lowest BCUT2D eigenvalue weighted by molar-refractivity contribution is -0.256. The third kappa shape index (κ3) is 3.53. The van der Waals surface area contributed by atoms with Crippen molar-refractivity contribution in [3.63, 3.8) is 0 Å². The summed E-state index contributed by atoms with van der Waals surface area (Å²) >= 11 is 0. The molecule has 1 amide bonds. The molecule has 2 saturated heterocycles. The molecular weight excluding hydrogens is 580 g/mol. The molecule has 5 aliphatic rings. The number of β-amino-alcohol motifs (C(OH)–C–C–N with tert-alkyl or cyclic N) is 1. The van der Waals surface area contributed by atoms with Crippen LogP contribution in [0.2, 0.25) is 0 Å². The molecule has 2 aliphatic heterocycles. The highest BCUT2D eigenvalue weighted by Gasteiger charge is 2.77. The Morgan fingerprint density at radius 3 is 2.57 bits per heavy atom. The molecule has 12 nitrogen and oxygen atoms in total. The van der Waals surface area contributed by atoms with Gasteiger partial charge in [0.15, 0.2) is 5.65 Å². The van der Waals surface area contributed by atoms with Gasteiger partial charge in [-0.15, -0.1) is 5.10 Å². The van der Waals surface area contributed by atoms with Crippen LogP contribution in [0.1, 0.15) is 72.2 Å². The van der Waals surface area contributed by atoms with Crippen LogP contribution in [-0.2, 0) is 0 Å². The van der Waals surface area contributed by atoms with E-state index in [0.29, 0.717) is 37.2 Å². The molecule has 4 N–H and O–H groups in total. The number of likely N-dealkylation sites (tertiary alicyclic amines) is 1. The number of nitrogens with two attached hydrogens (primary N) is 1. The lowest BCUT2D eigenvalue weighted by Crippen LogP contribution is -2.85. The maximum atomic E-state index is 13.7. The molecular formula is C34H34N10O2. The fourth-order valence-electron chi connectivity index (χ4n) is 8.86. The van der Waals surface area contributed by atoms with Crippen LogP contribution in [0.25, 0.3) is 28.0 Å². The van der Waals surface area contributed by atoms with Gasteiger partial charge >= 0.3 is 0 Å². The quantitative estimate of drug-likeness (QED) is 0.259. The number of pyridine rings is 1. The molecule has 10 rings (SSSR count). The van der Waals surface area contributed by atoms with Crippen molar-refractivity contribution in [2.75, 3.05) is 23.7 Å². The standard InChI is InChI=1S/C34H34N10O2/c35-29-27(19-6-7-19)28(38-31-22(16-37-44(29)31)20-8-9-24(36-15-20)18-4-2-1-3-5-18)23-14-26-34(23)12-10-25(34)43(26)32(46)30-39-33(41-40-30)42-13-11-21(45)17-42/h1-5,8-9,15-16,19,21,23,25-26,45H,6-7,10-14,17,35H2,(H,39,40,41)/t21-,23?,25?,26?,34?/m1/s1. The van der Waals surface area contributed by atoms with Gasteiger partial charge in [0, 0.05) is 65.0 Å². The number of hydrogen-bond donors (Lipinski definition) is 3. The van der Waals surface area contributed by atoms with E-state index in [1.54, 1.807) is 4.52 Å². The zero-order valence-electron chi connectivity index (χ0n) is 25.3. The first-order valence-electron chi connectivity index (χ1n) is 16.4. The Kier molecular flexibility index (Phi) is 5.36. The lowest BCUT2D eigenvalue weighted by atomic mass is 9.37. The van der Waals surface area contributed by atoms with Gasteiger partial charge in [-0.2, -0.15) is 14.6 Å². The number of fused-ring (bicyclic) bond motifs is 1. The number of H-pyrrole nitrogens is 1. The van der Waals surface area contributed by atoms with E-state index in [9.17, 15) is 9.90 Å². The first-order chi connectivity index (χ1) is 22.5. The molecule has 5 atom stereocenters. The van der Waals surface area contributed by atoms with Gasteiger partial charge in [0.05, 0.1) is 23.7 Å². The summed E-state index contributed by atoms with van der Waals surface area (Å²) in [5.41, 5.74) is 13.8. The second-order valence-corrected chi connectivity index (χ2v) is 13.7. The van der Waals surface area contributed by atoms with Crippen LogP contribution in [0.4, 0.5) is 11.8 Å². The Morgan fingerprint density at radius 1 is 1.00 bits per heavy atom. The first kappa shape index (κ1) is 26.4. The number of aromatic nitrogens is 7. The molecule has 1 spiro atoms. The molecule has 3 aliphatic carbocycles. The van der Waals surface area contributed by atoms with Gasteiger partial charge < -0.3 is 20.6 Å². The molecule has 232 valence electrons. The van der Waals surface area contributed by atoms with E-state index >= 15 is 0 Å². The minimum atomic E-state index is -0.381. The molecule has 5 aromatic rings. The van der Waals surface area contributed by atoms with Crippen molar-refractivity contribution in [1.29, 1.82) is 0 Å². The SMILES string of the molecule is Nc1c(C2CC2)c(C2CC3N(C(=O)c4nc(N5CC[C@@H](O)C5)n[nH]4)C4CCC243)nc2c(-c3ccc(-c4ccccc4)nc3)cnn12. The maximum Gasteiger partial charge on any atom is 0.291 e. The van der Waals surface area contributed by atoms with Gasteiger partial charge in [-0.3, -0.25) is 14.9 Å². The van der Waals surface area contributed by atoms with Crippen LogP contribution < -0.4 is 10.6 Å². The Bertz CT molecular complexity index is 2010. The monoisotopic (exact) mass is 614 g/mol. The minimum Gasteiger partial charge on any atom is -0.391 e. The van der Waals surface area contributed by atoms with E-state index in [1.165, 1.54) is 0 Å². The zero-order chi connectivity index (χ0) is 30.7. The fraction of sp³-hybridized carbons (Fsp3) is 0.412. The van der Waals surface area contributed by atoms with Gasteiger partial charge in [-0.05, 0) is 50.5 Å². The number of anilines is 2. The van der Waals surface area contributed by atoms with E-state index in [1.807, 2.05) is 46.5 Å². The number of nitrogens with zero attached hydrogens (tertiary/aromatic N) is 8. The van der Waals surface area contributed by atoms with Crippen LogP contribution in [0.5, 0.6) is 0 Å². The Balaban J connectivity index is 0.964. The van der Waals surface area contributed by atoms with Crippen molar-refractivity contribution in [2.24, 2.45) is 5.41 Å². The average molecular weight is 615 g/mol.